The number of amides is 1. The normalized spacial score (nSPS) is 11.3. The zero-order valence-corrected chi connectivity index (χ0v) is 13.5. The highest BCUT2D eigenvalue weighted by Gasteiger charge is 2.15. The van der Waals surface area contributed by atoms with Gasteiger partial charge in [-0.3, -0.25) is 4.79 Å². The van der Waals surface area contributed by atoms with Crippen molar-refractivity contribution < 1.29 is 19.1 Å². The lowest BCUT2D eigenvalue weighted by molar-refractivity contribution is -0.139. The van der Waals surface area contributed by atoms with Gasteiger partial charge < -0.3 is 14.8 Å². The molecule has 0 unspecified atom stereocenters. The first-order valence-electron chi connectivity index (χ1n) is 7.09. The van der Waals surface area contributed by atoms with E-state index in [1.807, 2.05) is 51.1 Å². The highest BCUT2D eigenvalue weighted by molar-refractivity contribution is 5.72. The average molecular weight is 305 g/mol. The van der Waals surface area contributed by atoms with Crippen molar-refractivity contribution in [2.45, 2.75) is 39.3 Å². The standard InChI is InChI=1S/C17H23NO4/c1-17(2,3)22-16(20)18-12-14-9-5-7-13(11-14)8-6-10-15(19)21-4/h5-9,11H,10,12H2,1-4H3,(H,18,20). The molecule has 0 saturated carbocycles. The van der Waals surface area contributed by atoms with Crippen LogP contribution in [0.5, 0.6) is 0 Å². The van der Waals surface area contributed by atoms with Crippen molar-refractivity contribution in [3.8, 4) is 0 Å². The molecule has 1 N–H and O–H groups in total. The van der Waals surface area contributed by atoms with Crippen LogP contribution in [-0.4, -0.2) is 24.8 Å². The second-order valence-corrected chi connectivity index (χ2v) is 5.78. The van der Waals surface area contributed by atoms with Crippen LogP contribution in [0.15, 0.2) is 30.3 Å². The fourth-order valence-electron chi connectivity index (χ4n) is 1.67. The zero-order valence-electron chi connectivity index (χ0n) is 13.5. The third kappa shape index (κ3) is 7.47. The second kappa shape index (κ2) is 8.22. The predicted molar refractivity (Wildman–Crippen MR) is 85.2 cm³/mol. The number of hydrogen-bond acceptors (Lipinski definition) is 4. The molecule has 0 spiro atoms. The summed E-state index contributed by atoms with van der Waals surface area (Å²) in [7, 11) is 1.36. The maximum Gasteiger partial charge on any atom is 0.407 e. The Bertz CT molecular complexity index is 544. The fraction of sp³-hybridized carbons (Fsp3) is 0.412. The number of benzene rings is 1. The average Bonchev–Trinajstić information content (AvgIpc) is 2.43. The van der Waals surface area contributed by atoms with Crippen LogP contribution in [0.1, 0.15) is 38.3 Å². The zero-order chi connectivity index (χ0) is 16.6. The topological polar surface area (TPSA) is 64.6 Å². The van der Waals surface area contributed by atoms with E-state index in [1.54, 1.807) is 6.08 Å². The van der Waals surface area contributed by atoms with Crippen molar-refractivity contribution in [2.24, 2.45) is 0 Å². The van der Waals surface area contributed by atoms with E-state index >= 15 is 0 Å². The molecule has 0 atom stereocenters. The van der Waals surface area contributed by atoms with E-state index in [9.17, 15) is 9.59 Å². The molecule has 5 heteroatoms. The first-order valence-corrected chi connectivity index (χ1v) is 7.09. The summed E-state index contributed by atoms with van der Waals surface area (Å²) in [5, 5.41) is 2.71. The van der Waals surface area contributed by atoms with Crippen LogP contribution >= 0.6 is 0 Å². The van der Waals surface area contributed by atoms with E-state index in [0.29, 0.717) is 6.54 Å². The molecule has 0 heterocycles. The number of rotatable bonds is 5. The third-order valence-corrected chi connectivity index (χ3v) is 2.61. The molecule has 0 aliphatic rings. The van der Waals surface area contributed by atoms with Crippen LogP contribution in [0.25, 0.3) is 6.08 Å². The lowest BCUT2D eigenvalue weighted by Gasteiger charge is -2.19. The molecule has 0 bridgehead atoms. The van der Waals surface area contributed by atoms with Gasteiger partial charge >= 0.3 is 12.1 Å². The van der Waals surface area contributed by atoms with E-state index in [0.717, 1.165) is 11.1 Å². The van der Waals surface area contributed by atoms with Gasteiger partial charge in [-0.1, -0.05) is 30.4 Å². The minimum absolute atomic E-state index is 0.233. The molecule has 1 amide bonds. The molecule has 0 aliphatic carbocycles. The summed E-state index contributed by atoms with van der Waals surface area (Å²) in [6.45, 7) is 5.84. The first-order chi connectivity index (χ1) is 10.3. The van der Waals surface area contributed by atoms with Crippen LogP contribution in [0.4, 0.5) is 4.79 Å². The minimum Gasteiger partial charge on any atom is -0.469 e. The van der Waals surface area contributed by atoms with Gasteiger partial charge in [0.25, 0.3) is 0 Å². The Balaban J connectivity index is 2.54. The summed E-state index contributed by atoms with van der Waals surface area (Å²) in [6, 6.07) is 7.66. The molecule has 120 valence electrons. The number of esters is 1. The highest BCUT2D eigenvalue weighted by atomic mass is 16.6. The number of alkyl carbamates (subject to hydrolysis) is 1. The van der Waals surface area contributed by atoms with Crippen LogP contribution in [0, 0.1) is 0 Å². The molecule has 0 fully saturated rings. The summed E-state index contributed by atoms with van der Waals surface area (Å²) in [5.74, 6) is -0.279. The lowest BCUT2D eigenvalue weighted by Crippen LogP contribution is -2.32. The summed E-state index contributed by atoms with van der Waals surface area (Å²) in [5.41, 5.74) is 1.39. The van der Waals surface area contributed by atoms with Gasteiger partial charge in [-0.05, 0) is 38.0 Å². The van der Waals surface area contributed by atoms with Crippen molar-refractivity contribution in [1.82, 2.24) is 5.32 Å². The third-order valence-electron chi connectivity index (χ3n) is 2.61. The van der Waals surface area contributed by atoms with Gasteiger partial charge in [-0.25, -0.2) is 4.79 Å². The summed E-state index contributed by atoms with van der Waals surface area (Å²) in [6.07, 6.45) is 3.37. The monoisotopic (exact) mass is 305 g/mol. The summed E-state index contributed by atoms with van der Waals surface area (Å²) < 4.78 is 9.74. The summed E-state index contributed by atoms with van der Waals surface area (Å²) >= 11 is 0. The van der Waals surface area contributed by atoms with Gasteiger partial charge in [-0.15, -0.1) is 0 Å². The number of hydrogen-bond donors (Lipinski definition) is 1. The second-order valence-electron chi connectivity index (χ2n) is 5.78. The quantitative estimate of drug-likeness (QED) is 0.848. The van der Waals surface area contributed by atoms with Crippen LogP contribution in [0.2, 0.25) is 0 Å². The molecule has 0 aliphatic heterocycles. The number of methoxy groups -OCH3 is 1. The predicted octanol–water partition coefficient (Wildman–Crippen LogP) is 3.29. The number of nitrogens with one attached hydrogen (secondary N) is 1. The van der Waals surface area contributed by atoms with Crippen molar-refractivity contribution in [2.75, 3.05) is 7.11 Å². The van der Waals surface area contributed by atoms with Crippen LogP contribution in [0.3, 0.4) is 0 Å². The molecule has 0 saturated heterocycles. The molecular weight excluding hydrogens is 282 g/mol. The van der Waals surface area contributed by atoms with Gasteiger partial charge in [0.2, 0.25) is 0 Å². The number of carbonyl (C=O) groups excluding carboxylic acids is 2. The SMILES string of the molecule is COC(=O)CC=Cc1cccc(CNC(=O)OC(C)(C)C)c1. The molecular formula is C17H23NO4. The Labute approximate surface area is 131 Å². The lowest BCUT2D eigenvalue weighted by atomic mass is 10.1. The smallest absolute Gasteiger partial charge is 0.407 e. The molecule has 0 aromatic heterocycles. The first kappa shape index (κ1) is 17.8. The van der Waals surface area contributed by atoms with Gasteiger partial charge in [0.05, 0.1) is 13.5 Å². The van der Waals surface area contributed by atoms with Gasteiger partial charge in [0.1, 0.15) is 5.60 Å². The Morgan fingerprint density at radius 3 is 2.64 bits per heavy atom. The Morgan fingerprint density at radius 1 is 1.27 bits per heavy atom. The van der Waals surface area contributed by atoms with Gasteiger partial charge in [-0.2, -0.15) is 0 Å². The number of carbonyl (C=O) groups is 2. The molecule has 0 radical (unpaired) electrons. The Hall–Kier alpha value is -2.30. The molecule has 1 aromatic carbocycles. The molecule has 1 aromatic rings. The highest BCUT2D eigenvalue weighted by Crippen LogP contribution is 2.09. The van der Waals surface area contributed by atoms with Crippen molar-refractivity contribution in [3.05, 3.63) is 41.5 Å². The fourth-order valence-corrected chi connectivity index (χ4v) is 1.67. The van der Waals surface area contributed by atoms with Crippen LogP contribution in [-0.2, 0) is 20.8 Å². The van der Waals surface area contributed by atoms with E-state index < -0.39 is 11.7 Å². The van der Waals surface area contributed by atoms with Crippen molar-refractivity contribution in [3.63, 3.8) is 0 Å². The van der Waals surface area contributed by atoms with Gasteiger partial charge in [0, 0.05) is 6.54 Å². The molecule has 5 nitrogen and oxygen atoms in total. The molecule has 1 rings (SSSR count). The Morgan fingerprint density at radius 2 is 2.00 bits per heavy atom. The van der Waals surface area contributed by atoms with Crippen molar-refractivity contribution >= 4 is 18.1 Å². The Kier molecular flexibility index (Phi) is 6.63. The minimum atomic E-state index is -0.511. The largest absolute Gasteiger partial charge is 0.469 e. The van der Waals surface area contributed by atoms with Gasteiger partial charge in [0.15, 0.2) is 0 Å². The van der Waals surface area contributed by atoms with E-state index in [-0.39, 0.29) is 12.4 Å². The summed E-state index contributed by atoms with van der Waals surface area (Å²) in [4.78, 5) is 22.6. The maximum absolute atomic E-state index is 11.6. The number of ether oxygens (including phenoxy) is 2. The van der Waals surface area contributed by atoms with E-state index in [4.69, 9.17) is 4.74 Å². The molecule has 22 heavy (non-hydrogen) atoms. The van der Waals surface area contributed by atoms with Crippen LogP contribution < -0.4 is 5.32 Å². The van der Waals surface area contributed by atoms with E-state index in [2.05, 4.69) is 10.1 Å². The van der Waals surface area contributed by atoms with E-state index in [1.165, 1.54) is 7.11 Å². The van der Waals surface area contributed by atoms with Crippen molar-refractivity contribution in [1.29, 1.82) is 0 Å². The maximum atomic E-state index is 11.6.